The first kappa shape index (κ1) is 23.9. The summed E-state index contributed by atoms with van der Waals surface area (Å²) in [4.78, 5) is 39.1. The lowest BCUT2D eigenvalue weighted by Gasteiger charge is -2.31. The molecule has 1 aromatic heterocycles. The highest BCUT2D eigenvalue weighted by Crippen LogP contribution is 2.27. The Morgan fingerprint density at radius 2 is 1.71 bits per heavy atom. The van der Waals surface area contributed by atoms with Crippen molar-refractivity contribution in [2.75, 3.05) is 23.7 Å². The Labute approximate surface area is 198 Å². The van der Waals surface area contributed by atoms with Gasteiger partial charge in [-0.2, -0.15) is 0 Å². The second-order valence-electron chi connectivity index (χ2n) is 8.22. The first-order valence-electron chi connectivity index (χ1n) is 10.8. The molecule has 35 heavy (non-hydrogen) atoms. The van der Waals surface area contributed by atoms with Crippen molar-refractivity contribution in [3.63, 3.8) is 0 Å². The predicted octanol–water partition coefficient (Wildman–Crippen LogP) is 3.71. The fourth-order valence-corrected chi connectivity index (χ4v) is 3.85. The van der Waals surface area contributed by atoms with E-state index in [-0.39, 0.29) is 34.4 Å². The molecule has 182 valence electrons. The number of halogens is 2. The summed E-state index contributed by atoms with van der Waals surface area (Å²) in [6.45, 7) is 2.35. The summed E-state index contributed by atoms with van der Waals surface area (Å²) in [6, 6.07) is 7.96. The predicted molar refractivity (Wildman–Crippen MR) is 121 cm³/mol. The number of aromatic nitrogens is 1. The zero-order valence-electron chi connectivity index (χ0n) is 18.7. The van der Waals surface area contributed by atoms with E-state index in [2.05, 4.69) is 15.8 Å². The number of aryl methyl sites for hydroxylation is 1. The topological polar surface area (TPSA) is 125 Å². The lowest BCUT2D eigenvalue weighted by molar-refractivity contribution is -0.121. The third kappa shape index (κ3) is 5.62. The molecule has 0 unspecified atom stereocenters. The molecule has 1 saturated heterocycles. The zero-order chi connectivity index (χ0) is 25.1. The highest BCUT2D eigenvalue weighted by molar-refractivity contribution is 6.05. The number of aromatic hydroxyl groups is 1. The fraction of sp³-hybridized carbons (Fsp3) is 0.250. The SMILES string of the molecule is Cc1cc(NC(=O)C2CCN(C(=O)c3ccc(NC(=O)c4cc(F)cc(F)c4)cc3O)CC2)no1. The molecule has 3 aromatic rings. The Morgan fingerprint density at radius 1 is 1.03 bits per heavy atom. The largest absolute Gasteiger partial charge is 0.507 e. The van der Waals surface area contributed by atoms with Gasteiger partial charge in [0.05, 0.1) is 5.56 Å². The summed E-state index contributed by atoms with van der Waals surface area (Å²) >= 11 is 0. The van der Waals surface area contributed by atoms with Crippen LogP contribution in [-0.4, -0.2) is 46.0 Å². The minimum atomic E-state index is -0.895. The second kappa shape index (κ2) is 9.92. The van der Waals surface area contributed by atoms with Crippen LogP contribution in [0.1, 0.15) is 39.3 Å². The second-order valence-corrected chi connectivity index (χ2v) is 8.22. The summed E-state index contributed by atoms with van der Waals surface area (Å²) in [7, 11) is 0. The van der Waals surface area contributed by atoms with Crippen LogP contribution >= 0.6 is 0 Å². The van der Waals surface area contributed by atoms with Crippen LogP contribution in [0.2, 0.25) is 0 Å². The molecule has 0 spiro atoms. The molecule has 11 heteroatoms. The molecular weight excluding hydrogens is 462 g/mol. The Bertz CT molecular complexity index is 1260. The Kier molecular flexibility index (Phi) is 6.76. The van der Waals surface area contributed by atoms with Gasteiger partial charge in [0.2, 0.25) is 5.91 Å². The molecule has 0 aliphatic carbocycles. The third-order valence-electron chi connectivity index (χ3n) is 5.64. The normalized spacial score (nSPS) is 14.0. The number of piperidine rings is 1. The molecule has 4 rings (SSSR count). The van der Waals surface area contributed by atoms with Gasteiger partial charge in [0.15, 0.2) is 5.82 Å². The molecule has 0 atom stereocenters. The number of nitrogens with one attached hydrogen (secondary N) is 2. The lowest BCUT2D eigenvalue weighted by Crippen LogP contribution is -2.41. The van der Waals surface area contributed by atoms with E-state index >= 15 is 0 Å². The van der Waals surface area contributed by atoms with E-state index in [9.17, 15) is 28.3 Å². The van der Waals surface area contributed by atoms with Crippen LogP contribution in [0.15, 0.2) is 47.0 Å². The van der Waals surface area contributed by atoms with Gasteiger partial charge in [0.25, 0.3) is 11.8 Å². The average Bonchev–Trinajstić information content (AvgIpc) is 3.22. The van der Waals surface area contributed by atoms with Crippen LogP contribution in [-0.2, 0) is 4.79 Å². The van der Waals surface area contributed by atoms with E-state index < -0.39 is 23.4 Å². The maximum atomic E-state index is 13.3. The standard InChI is InChI=1S/C24H22F2N4O5/c1-13-8-21(29-35-13)28-22(32)14-4-6-30(7-5-14)24(34)19-3-2-18(12-20(19)31)27-23(33)15-9-16(25)11-17(26)10-15/h2-3,8-12,14,31H,4-7H2,1H3,(H,27,33)(H,28,29,32). The van der Waals surface area contributed by atoms with Crippen molar-refractivity contribution in [2.45, 2.75) is 19.8 Å². The summed E-state index contributed by atoms with van der Waals surface area (Å²) in [5, 5.41) is 19.2. The molecule has 1 aliphatic rings. The van der Waals surface area contributed by atoms with Crippen molar-refractivity contribution in [2.24, 2.45) is 5.92 Å². The Hall–Kier alpha value is -4.28. The van der Waals surface area contributed by atoms with Crippen LogP contribution in [0.4, 0.5) is 20.3 Å². The van der Waals surface area contributed by atoms with Crippen molar-refractivity contribution in [3.05, 3.63) is 71.0 Å². The quantitative estimate of drug-likeness (QED) is 0.507. The fourth-order valence-electron chi connectivity index (χ4n) is 3.85. The summed E-state index contributed by atoms with van der Waals surface area (Å²) in [5.41, 5.74) is -0.0549. The molecule has 0 bridgehead atoms. The number of benzene rings is 2. The number of carbonyl (C=O) groups is 3. The number of hydrogen-bond donors (Lipinski definition) is 3. The van der Waals surface area contributed by atoms with Crippen molar-refractivity contribution in [1.82, 2.24) is 10.1 Å². The number of amides is 3. The van der Waals surface area contributed by atoms with Crippen LogP contribution in [0.3, 0.4) is 0 Å². The van der Waals surface area contributed by atoms with Crippen LogP contribution in [0.5, 0.6) is 5.75 Å². The minimum absolute atomic E-state index is 0.0285. The van der Waals surface area contributed by atoms with Crippen molar-refractivity contribution in [1.29, 1.82) is 0 Å². The first-order chi connectivity index (χ1) is 16.7. The van der Waals surface area contributed by atoms with Gasteiger partial charge in [-0.05, 0) is 44.0 Å². The van der Waals surface area contributed by atoms with Crippen LogP contribution < -0.4 is 10.6 Å². The van der Waals surface area contributed by atoms with E-state index in [1.807, 2.05) is 0 Å². The third-order valence-corrected chi connectivity index (χ3v) is 5.64. The molecule has 0 saturated carbocycles. The zero-order valence-corrected chi connectivity index (χ0v) is 18.7. The monoisotopic (exact) mass is 484 g/mol. The number of rotatable bonds is 5. The van der Waals surface area contributed by atoms with Crippen LogP contribution in [0, 0.1) is 24.5 Å². The van der Waals surface area contributed by atoms with E-state index in [0.717, 1.165) is 12.1 Å². The van der Waals surface area contributed by atoms with E-state index in [1.165, 1.54) is 23.1 Å². The van der Waals surface area contributed by atoms with Gasteiger partial charge in [-0.15, -0.1) is 0 Å². The average molecular weight is 484 g/mol. The summed E-state index contributed by atoms with van der Waals surface area (Å²) < 4.78 is 31.6. The molecule has 3 N–H and O–H groups in total. The Balaban J connectivity index is 1.35. The number of anilines is 2. The number of nitrogens with zero attached hydrogens (tertiary/aromatic N) is 2. The van der Waals surface area contributed by atoms with Crippen LogP contribution in [0.25, 0.3) is 0 Å². The molecule has 1 fully saturated rings. The molecule has 2 aromatic carbocycles. The number of phenols is 1. The maximum Gasteiger partial charge on any atom is 0.257 e. The first-order valence-corrected chi connectivity index (χ1v) is 10.8. The van der Waals surface area contributed by atoms with Crippen molar-refractivity contribution >= 4 is 29.2 Å². The maximum absolute atomic E-state index is 13.3. The molecule has 2 heterocycles. The van der Waals surface area contributed by atoms with Gasteiger partial charge in [-0.1, -0.05) is 5.16 Å². The van der Waals surface area contributed by atoms with Gasteiger partial charge in [0, 0.05) is 48.5 Å². The highest BCUT2D eigenvalue weighted by Gasteiger charge is 2.29. The number of likely N-dealkylation sites (tertiary alicyclic amines) is 1. The lowest BCUT2D eigenvalue weighted by atomic mass is 9.95. The van der Waals surface area contributed by atoms with Gasteiger partial charge in [0.1, 0.15) is 23.1 Å². The Morgan fingerprint density at radius 3 is 2.31 bits per heavy atom. The van der Waals surface area contributed by atoms with Gasteiger partial charge in [-0.3, -0.25) is 14.4 Å². The molecular formula is C24H22F2N4O5. The number of phenolic OH excluding ortho intramolecular Hbond substituents is 1. The van der Waals surface area contributed by atoms with Gasteiger partial charge >= 0.3 is 0 Å². The molecule has 0 radical (unpaired) electrons. The minimum Gasteiger partial charge on any atom is -0.507 e. The summed E-state index contributed by atoms with van der Waals surface area (Å²) in [6.07, 6.45) is 0.876. The summed E-state index contributed by atoms with van der Waals surface area (Å²) in [5.74, 6) is -2.93. The van der Waals surface area contributed by atoms with E-state index in [1.54, 1.807) is 13.0 Å². The molecule has 1 aliphatic heterocycles. The van der Waals surface area contributed by atoms with E-state index in [0.29, 0.717) is 43.6 Å². The smallest absolute Gasteiger partial charge is 0.257 e. The van der Waals surface area contributed by atoms with Gasteiger partial charge in [-0.25, -0.2) is 8.78 Å². The van der Waals surface area contributed by atoms with E-state index in [4.69, 9.17) is 4.52 Å². The molecule has 3 amide bonds. The number of carbonyl (C=O) groups excluding carboxylic acids is 3. The number of hydrogen-bond acceptors (Lipinski definition) is 6. The molecule has 9 nitrogen and oxygen atoms in total. The van der Waals surface area contributed by atoms with Crippen molar-refractivity contribution in [3.8, 4) is 5.75 Å². The van der Waals surface area contributed by atoms with Gasteiger partial charge < -0.3 is 25.2 Å². The van der Waals surface area contributed by atoms with Crippen molar-refractivity contribution < 1.29 is 32.8 Å². The highest BCUT2D eigenvalue weighted by atomic mass is 19.1.